The first-order valence-corrected chi connectivity index (χ1v) is 5.99. The van der Waals surface area contributed by atoms with Crippen molar-refractivity contribution in [2.45, 2.75) is 49.1 Å². The lowest BCUT2D eigenvalue weighted by Gasteiger charge is -2.26. The van der Waals surface area contributed by atoms with Crippen LogP contribution >= 0.6 is 0 Å². The van der Waals surface area contributed by atoms with Gasteiger partial charge in [0.15, 0.2) is 0 Å². The van der Waals surface area contributed by atoms with Gasteiger partial charge in [0.05, 0.1) is 0 Å². The monoisotopic (exact) mass is 218 g/mol. The van der Waals surface area contributed by atoms with E-state index in [-0.39, 0.29) is 22.4 Å². The standard InChI is InChI=1S/C14H18O2/c1-5-11-9-10-12(6-2)14(8-4,16-12)13(11,7-3)15-11/h5-6,9-10H,1-2,7-8H2,3-4H3. The minimum Gasteiger partial charge on any atom is -0.350 e. The summed E-state index contributed by atoms with van der Waals surface area (Å²) in [6.07, 6.45) is 9.86. The molecule has 2 aliphatic heterocycles. The van der Waals surface area contributed by atoms with E-state index >= 15 is 0 Å². The molecule has 3 aliphatic rings. The Kier molecular flexibility index (Phi) is 1.62. The van der Waals surface area contributed by atoms with Crippen molar-refractivity contribution in [1.29, 1.82) is 0 Å². The van der Waals surface area contributed by atoms with Gasteiger partial charge in [0.2, 0.25) is 0 Å². The summed E-state index contributed by atoms with van der Waals surface area (Å²) in [7, 11) is 0. The van der Waals surface area contributed by atoms with Crippen LogP contribution in [0.15, 0.2) is 37.5 Å². The van der Waals surface area contributed by atoms with Gasteiger partial charge in [-0.2, -0.15) is 0 Å². The quantitative estimate of drug-likeness (QED) is 0.535. The van der Waals surface area contributed by atoms with Crippen molar-refractivity contribution in [2.75, 3.05) is 0 Å². The zero-order valence-electron chi connectivity index (χ0n) is 9.95. The van der Waals surface area contributed by atoms with Gasteiger partial charge >= 0.3 is 0 Å². The summed E-state index contributed by atoms with van der Waals surface area (Å²) in [6, 6.07) is 0. The molecule has 1 aliphatic carbocycles. The van der Waals surface area contributed by atoms with Crippen molar-refractivity contribution in [2.24, 2.45) is 0 Å². The fraction of sp³-hybridized carbons (Fsp3) is 0.571. The summed E-state index contributed by atoms with van der Waals surface area (Å²) in [4.78, 5) is 0. The highest BCUT2D eigenvalue weighted by atomic mass is 16.7. The number of hydrogen-bond acceptors (Lipinski definition) is 2. The van der Waals surface area contributed by atoms with E-state index < -0.39 is 0 Å². The molecule has 0 aromatic carbocycles. The number of epoxide rings is 2. The van der Waals surface area contributed by atoms with Gasteiger partial charge < -0.3 is 9.47 Å². The molecule has 0 aromatic heterocycles. The molecule has 2 saturated heterocycles. The van der Waals surface area contributed by atoms with E-state index in [9.17, 15) is 0 Å². The van der Waals surface area contributed by atoms with Crippen molar-refractivity contribution in [1.82, 2.24) is 0 Å². The summed E-state index contributed by atoms with van der Waals surface area (Å²) < 4.78 is 12.1. The first-order valence-electron chi connectivity index (χ1n) is 5.99. The molecular formula is C14H18O2. The minimum absolute atomic E-state index is 0.223. The van der Waals surface area contributed by atoms with Crippen molar-refractivity contribution < 1.29 is 9.47 Å². The topological polar surface area (TPSA) is 25.1 Å². The van der Waals surface area contributed by atoms with Crippen molar-refractivity contribution in [3.63, 3.8) is 0 Å². The van der Waals surface area contributed by atoms with Gasteiger partial charge in [-0.15, -0.1) is 0 Å². The van der Waals surface area contributed by atoms with Gasteiger partial charge in [-0.05, 0) is 25.0 Å². The van der Waals surface area contributed by atoms with Gasteiger partial charge in [0.1, 0.15) is 22.4 Å². The Morgan fingerprint density at radius 3 is 1.56 bits per heavy atom. The number of hydrogen-bond donors (Lipinski definition) is 0. The third kappa shape index (κ3) is 0.686. The van der Waals surface area contributed by atoms with E-state index in [0.29, 0.717) is 0 Å². The molecule has 4 unspecified atom stereocenters. The first-order chi connectivity index (χ1) is 7.61. The van der Waals surface area contributed by atoms with Gasteiger partial charge in [0.25, 0.3) is 0 Å². The van der Waals surface area contributed by atoms with Crippen molar-refractivity contribution in [3.05, 3.63) is 37.5 Å². The third-order valence-corrected chi connectivity index (χ3v) is 4.70. The average molecular weight is 218 g/mol. The normalized spacial score (nSPS) is 56.1. The van der Waals surface area contributed by atoms with Crippen LogP contribution < -0.4 is 0 Å². The van der Waals surface area contributed by atoms with Gasteiger partial charge in [-0.25, -0.2) is 0 Å². The number of fused-ring (bicyclic) bond motifs is 3. The summed E-state index contributed by atoms with van der Waals surface area (Å²) in [5.41, 5.74) is -1.06. The van der Waals surface area contributed by atoms with Crippen LogP contribution in [0.25, 0.3) is 0 Å². The summed E-state index contributed by atoms with van der Waals surface area (Å²) >= 11 is 0. The molecule has 0 aromatic rings. The molecule has 0 bridgehead atoms. The van der Waals surface area contributed by atoms with E-state index in [4.69, 9.17) is 9.47 Å². The number of ether oxygens (including phenoxy) is 2. The molecule has 86 valence electrons. The Labute approximate surface area is 96.6 Å². The summed E-state index contributed by atoms with van der Waals surface area (Å²) in [5, 5.41) is 0. The second kappa shape index (κ2) is 2.52. The van der Waals surface area contributed by atoms with Gasteiger partial charge in [-0.1, -0.05) is 39.2 Å². The van der Waals surface area contributed by atoms with E-state index in [0.717, 1.165) is 12.8 Å². The molecule has 3 rings (SSSR count). The van der Waals surface area contributed by atoms with Crippen LogP contribution in [0.4, 0.5) is 0 Å². The highest BCUT2D eigenvalue weighted by Gasteiger charge is 2.89. The Morgan fingerprint density at radius 1 is 0.938 bits per heavy atom. The smallest absolute Gasteiger partial charge is 0.138 e. The molecule has 4 atom stereocenters. The maximum absolute atomic E-state index is 6.05. The van der Waals surface area contributed by atoms with Crippen LogP contribution in [0.2, 0.25) is 0 Å². The molecule has 2 heteroatoms. The molecule has 0 amide bonds. The van der Waals surface area contributed by atoms with Crippen LogP contribution in [0.5, 0.6) is 0 Å². The fourth-order valence-corrected chi connectivity index (χ4v) is 3.72. The van der Waals surface area contributed by atoms with Crippen LogP contribution in [0.1, 0.15) is 26.7 Å². The minimum atomic E-state index is -0.305. The third-order valence-electron chi connectivity index (χ3n) is 4.70. The Hall–Kier alpha value is -0.860. The van der Waals surface area contributed by atoms with E-state index in [1.807, 2.05) is 12.2 Å². The molecule has 16 heavy (non-hydrogen) atoms. The highest BCUT2D eigenvalue weighted by Crippen LogP contribution is 2.74. The lowest BCUT2D eigenvalue weighted by atomic mass is 9.68. The zero-order valence-corrected chi connectivity index (χ0v) is 9.95. The SMILES string of the molecule is C=CC12C=CC3(C=C)OC3(CC)C1(CC)O2. The predicted octanol–water partition coefficient (Wildman–Crippen LogP) is 2.76. The van der Waals surface area contributed by atoms with Crippen molar-refractivity contribution in [3.8, 4) is 0 Å². The Bertz CT molecular complexity index is 375. The molecule has 2 heterocycles. The molecular weight excluding hydrogens is 200 g/mol. The van der Waals surface area contributed by atoms with Gasteiger partial charge in [0, 0.05) is 0 Å². The molecule has 0 N–H and O–H groups in total. The average Bonchev–Trinajstić information content (AvgIpc) is 3.19. The van der Waals surface area contributed by atoms with E-state index in [2.05, 4.69) is 39.2 Å². The Morgan fingerprint density at radius 2 is 1.31 bits per heavy atom. The number of rotatable bonds is 4. The molecule has 2 nitrogen and oxygen atoms in total. The summed E-state index contributed by atoms with van der Waals surface area (Å²) in [6.45, 7) is 12.1. The predicted molar refractivity (Wildman–Crippen MR) is 63.2 cm³/mol. The Balaban J connectivity index is 2.15. The van der Waals surface area contributed by atoms with Crippen LogP contribution in [-0.2, 0) is 9.47 Å². The lowest BCUT2D eigenvalue weighted by molar-refractivity contribution is 0.146. The van der Waals surface area contributed by atoms with E-state index in [1.165, 1.54) is 0 Å². The highest BCUT2D eigenvalue weighted by molar-refractivity contribution is 5.54. The second-order valence-electron chi connectivity index (χ2n) is 4.89. The van der Waals surface area contributed by atoms with Crippen molar-refractivity contribution >= 4 is 0 Å². The molecule has 0 saturated carbocycles. The van der Waals surface area contributed by atoms with Crippen LogP contribution in [0, 0.1) is 0 Å². The molecule has 0 spiro atoms. The lowest BCUT2D eigenvalue weighted by Crippen LogP contribution is -2.45. The van der Waals surface area contributed by atoms with Gasteiger partial charge in [-0.3, -0.25) is 0 Å². The maximum atomic E-state index is 6.05. The zero-order chi connectivity index (χ0) is 11.7. The second-order valence-corrected chi connectivity index (χ2v) is 4.89. The fourth-order valence-electron chi connectivity index (χ4n) is 3.72. The molecule has 2 fully saturated rings. The van der Waals surface area contributed by atoms with Crippen LogP contribution in [-0.4, -0.2) is 22.4 Å². The first kappa shape index (κ1) is 10.3. The maximum Gasteiger partial charge on any atom is 0.138 e. The van der Waals surface area contributed by atoms with Crippen LogP contribution in [0.3, 0.4) is 0 Å². The molecule has 0 radical (unpaired) electrons. The largest absolute Gasteiger partial charge is 0.350 e. The summed E-state index contributed by atoms with van der Waals surface area (Å²) in [5.74, 6) is 0. The van der Waals surface area contributed by atoms with E-state index in [1.54, 1.807) is 0 Å².